The van der Waals surface area contributed by atoms with Gasteiger partial charge < -0.3 is 9.47 Å². The molecular formula is C21H20O2. The van der Waals surface area contributed by atoms with Gasteiger partial charge in [-0.3, -0.25) is 0 Å². The third-order valence-electron chi connectivity index (χ3n) is 4.52. The second-order valence-corrected chi connectivity index (χ2v) is 5.90. The van der Waals surface area contributed by atoms with Crippen LogP contribution in [0.3, 0.4) is 0 Å². The summed E-state index contributed by atoms with van der Waals surface area (Å²) in [5, 5.41) is 2.53. The van der Waals surface area contributed by atoms with Gasteiger partial charge in [0.1, 0.15) is 5.75 Å². The normalized spacial score (nSPS) is 20.0. The van der Waals surface area contributed by atoms with Gasteiger partial charge in [0.2, 0.25) is 6.29 Å². The van der Waals surface area contributed by atoms with Gasteiger partial charge in [0.25, 0.3) is 0 Å². The predicted octanol–water partition coefficient (Wildman–Crippen LogP) is 5.12. The zero-order valence-corrected chi connectivity index (χ0v) is 13.2. The Morgan fingerprint density at radius 2 is 1.74 bits per heavy atom. The third kappa shape index (κ3) is 2.60. The van der Waals surface area contributed by atoms with E-state index in [1.54, 1.807) is 0 Å². The van der Waals surface area contributed by atoms with E-state index in [1.165, 1.54) is 21.9 Å². The molecule has 0 bridgehead atoms. The zero-order chi connectivity index (χ0) is 15.6. The largest absolute Gasteiger partial charge is 0.465 e. The lowest BCUT2D eigenvalue weighted by Gasteiger charge is -2.33. The van der Waals surface area contributed by atoms with E-state index in [2.05, 4.69) is 66.7 Å². The van der Waals surface area contributed by atoms with E-state index >= 15 is 0 Å². The van der Waals surface area contributed by atoms with Gasteiger partial charge in [-0.15, -0.1) is 0 Å². The number of hydrogen-bond donors (Lipinski definition) is 0. The maximum Gasteiger partial charge on any atom is 0.200 e. The molecule has 1 aliphatic rings. The molecular weight excluding hydrogens is 284 g/mol. The van der Waals surface area contributed by atoms with Crippen LogP contribution in [0.25, 0.3) is 10.8 Å². The van der Waals surface area contributed by atoms with Gasteiger partial charge in [-0.05, 0) is 29.3 Å². The first kappa shape index (κ1) is 14.3. The Morgan fingerprint density at radius 3 is 2.57 bits per heavy atom. The molecule has 4 rings (SSSR count). The minimum absolute atomic E-state index is 0.182. The van der Waals surface area contributed by atoms with Crippen molar-refractivity contribution in [3.05, 3.63) is 77.9 Å². The van der Waals surface area contributed by atoms with Crippen LogP contribution in [0.2, 0.25) is 0 Å². The molecule has 3 aromatic carbocycles. The van der Waals surface area contributed by atoms with Crippen LogP contribution in [0, 0.1) is 0 Å². The number of fused-ring (bicyclic) bond motifs is 3. The zero-order valence-electron chi connectivity index (χ0n) is 13.2. The fourth-order valence-electron chi connectivity index (χ4n) is 3.51. The van der Waals surface area contributed by atoms with E-state index in [0.29, 0.717) is 12.5 Å². The Morgan fingerprint density at radius 1 is 0.957 bits per heavy atom. The molecule has 0 aromatic heterocycles. The van der Waals surface area contributed by atoms with Crippen molar-refractivity contribution in [2.45, 2.75) is 25.6 Å². The lowest BCUT2D eigenvalue weighted by atomic mass is 9.83. The molecule has 2 heteroatoms. The van der Waals surface area contributed by atoms with E-state index in [4.69, 9.17) is 9.47 Å². The molecule has 0 amide bonds. The first-order valence-corrected chi connectivity index (χ1v) is 8.21. The fourth-order valence-corrected chi connectivity index (χ4v) is 3.51. The standard InChI is InChI=1S/C21H20O2/c1-2-22-20-14-18(15-8-4-3-5-9-15)21-17-11-7-6-10-16(17)12-13-19(21)23-20/h3-13,18,20H,2,14H2,1H3/t18-,20-/m1/s1. The van der Waals surface area contributed by atoms with Crippen molar-refractivity contribution in [1.82, 2.24) is 0 Å². The number of benzene rings is 3. The molecule has 0 aliphatic carbocycles. The Balaban J connectivity index is 1.90. The van der Waals surface area contributed by atoms with Crippen LogP contribution >= 0.6 is 0 Å². The molecule has 3 aromatic rings. The minimum atomic E-state index is -0.182. The highest BCUT2D eigenvalue weighted by Gasteiger charge is 2.31. The van der Waals surface area contributed by atoms with E-state index in [9.17, 15) is 0 Å². The van der Waals surface area contributed by atoms with E-state index in [-0.39, 0.29) is 6.29 Å². The number of rotatable bonds is 3. The molecule has 0 fully saturated rings. The fraction of sp³-hybridized carbons (Fsp3) is 0.238. The highest BCUT2D eigenvalue weighted by Crippen LogP contribution is 2.44. The second-order valence-electron chi connectivity index (χ2n) is 5.90. The van der Waals surface area contributed by atoms with Gasteiger partial charge in [-0.1, -0.05) is 60.7 Å². The van der Waals surface area contributed by atoms with Crippen LogP contribution in [0.5, 0.6) is 5.75 Å². The summed E-state index contributed by atoms with van der Waals surface area (Å²) in [5.41, 5.74) is 2.60. The lowest BCUT2D eigenvalue weighted by Crippen LogP contribution is -2.29. The summed E-state index contributed by atoms with van der Waals surface area (Å²) in [5.74, 6) is 1.24. The summed E-state index contributed by atoms with van der Waals surface area (Å²) in [6.07, 6.45) is 0.664. The second kappa shape index (κ2) is 6.05. The van der Waals surface area contributed by atoms with Crippen LogP contribution in [-0.4, -0.2) is 12.9 Å². The van der Waals surface area contributed by atoms with Crippen molar-refractivity contribution in [2.24, 2.45) is 0 Å². The lowest BCUT2D eigenvalue weighted by molar-refractivity contribution is -0.0891. The molecule has 23 heavy (non-hydrogen) atoms. The Labute approximate surface area is 136 Å². The maximum absolute atomic E-state index is 6.11. The maximum atomic E-state index is 6.11. The summed E-state index contributed by atoms with van der Waals surface area (Å²) >= 11 is 0. The van der Waals surface area contributed by atoms with Crippen molar-refractivity contribution in [3.8, 4) is 5.75 Å². The Bertz CT molecular complexity index is 810. The highest BCUT2D eigenvalue weighted by molar-refractivity contribution is 5.89. The SMILES string of the molecule is CCO[C@H]1C[C@H](c2ccccc2)c2c(ccc3ccccc23)O1. The summed E-state index contributed by atoms with van der Waals surface area (Å²) in [4.78, 5) is 0. The molecule has 116 valence electrons. The molecule has 0 saturated heterocycles. The molecule has 0 unspecified atom stereocenters. The smallest absolute Gasteiger partial charge is 0.200 e. The molecule has 2 nitrogen and oxygen atoms in total. The van der Waals surface area contributed by atoms with Crippen molar-refractivity contribution in [3.63, 3.8) is 0 Å². The molecule has 0 saturated carbocycles. The Kier molecular flexibility index (Phi) is 3.76. The summed E-state index contributed by atoms with van der Waals surface area (Å²) < 4.78 is 11.9. The average Bonchev–Trinajstić information content (AvgIpc) is 2.62. The van der Waals surface area contributed by atoms with Crippen molar-refractivity contribution in [1.29, 1.82) is 0 Å². The molecule has 2 atom stereocenters. The van der Waals surface area contributed by atoms with Crippen LogP contribution in [-0.2, 0) is 4.74 Å². The van der Waals surface area contributed by atoms with Gasteiger partial charge in [0, 0.05) is 24.5 Å². The predicted molar refractivity (Wildman–Crippen MR) is 92.9 cm³/mol. The van der Waals surface area contributed by atoms with E-state index in [1.807, 2.05) is 6.92 Å². The van der Waals surface area contributed by atoms with Crippen molar-refractivity contribution < 1.29 is 9.47 Å². The van der Waals surface area contributed by atoms with E-state index < -0.39 is 0 Å². The minimum Gasteiger partial charge on any atom is -0.465 e. The molecule has 0 radical (unpaired) electrons. The topological polar surface area (TPSA) is 18.5 Å². The molecule has 0 spiro atoms. The van der Waals surface area contributed by atoms with Gasteiger partial charge >= 0.3 is 0 Å². The van der Waals surface area contributed by atoms with Crippen LogP contribution in [0.1, 0.15) is 30.4 Å². The van der Waals surface area contributed by atoms with Gasteiger partial charge in [0.15, 0.2) is 0 Å². The van der Waals surface area contributed by atoms with Gasteiger partial charge in [0.05, 0.1) is 0 Å². The number of ether oxygens (including phenoxy) is 2. The summed E-state index contributed by atoms with van der Waals surface area (Å²) in [6, 6.07) is 23.4. The van der Waals surface area contributed by atoms with Crippen LogP contribution in [0.4, 0.5) is 0 Å². The Hall–Kier alpha value is -2.32. The summed E-state index contributed by atoms with van der Waals surface area (Å²) in [7, 11) is 0. The van der Waals surface area contributed by atoms with Crippen LogP contribution < -0.4 is 4.74 Å². The first-order chi connectivity index (χ1) is 11.4. The van der Waals surface area contributed by atoms with Crippen LogP contribution in [0.15, 0.2) is 66.7 Å². The van der Waals surface area contributed by atoms with Gasteiger partial charge in [-0.25, -0.2) is 0 Å². The number of hydrogen-bond acceptors (Lipinski definition) is 2. The third-order valence-corrected chi connectivity index (χ3v) is 4.52. The average molecular weight is 304 g/mol. The first-order valence-electron chi connectivity index (χ1n) is 8.21. The van der Waals surface area contributed by atoms with Gasteiger partial charge in [-0.2, -0.15) is 0 Å². The molecule has 0 N–H and O–H groups in total. The van der Waals surface area contributed by atoms with Crippen molar-refractivity contribution >= 4 is 10.8 Å². The monoisotopic (exact) mass is 304 g/mol. The van der Waals surface area contributed by atoms with E-state index in [0.717, 1.165) is 12.2 Å². The molecule has 1 aliphatic heterocycles. The highest BCUT2D eigenvalue weighted by atomic mass is 16.7. The van der Waals surface area contributed by atoms with Crippen molar-refractivity contribution in [2.75, 3.05) is 6.61 Å². The molecule has 1 heterocycles. The summed E-state index contributed by atoms with van der Waals surface area (Å²) in [6.45, 7) is 2.67. The quantitative estimate of drug-likeness (QED) is 0.669.